The highest BCUT2D eigenvalue weighted by molar-refractivity contribution is 5.91. The van der Waals surface area contributed by atoms with Gasteiger partial charge in [-0.3, -0.25) is 9.59 Å². The van der Waals surface area contributed by atoms with Crippen LogP contribution in [0.25, 0.3) is 0 Å². The van der Waals surface area contributed by atoms with E-state index in [9.17, 15) is 19.5 Å². The molecule has 0 spiro atoms. The van der Waals surface area contributed by atoms with E-state index in [1.807, 2.05) is 58.9 Å². The van der Waals surface area contributed by atoms with E-state index in [1.54, 1.807) is 36.4 Å². The SMILES string of the molecule is CCC(C)(C)C(=O)OC1(C(C)C)C2CC3CC(C2)CC1C3.CCC(C)(C)C(=O)OC1(C(C)C)CCCC1.CCC(C)c1ccc(C(=O)Oc2ccc(O)cc2)cc1.CCC(C)c1ccc(O)cc1. The Hall–Kier alpha value is -4.33. The second-order valence-electron chi connectivity index (χ2n) is 22.7. The number of hydrogen-bond acceptors (Lipinski definition) is 8. The van der Waals surface area contributed by atoms with Crippen LogP contribution in [0.2, 0.25) is 0 Å². The third-order valence-electron chi connectivity index (χ3n) is 16.7. The Kier molecular flexibility index (Phi) is 20.3. The fourth-order valence-corrected chi connectivity index (χ4v) is 10.7. The molecule has 3 aromatic rings. The molecule has 8 heteroatoms. The summed E-state index contributed by atoms with van der Waals surface area (Å²) in [6.07, 6.45) is 15.0. The minimum absolute atomic E-state index is 0.0226. The molecule has 2 atom stereocenters. The molecule has 378 valence electrons. The van der Waals surface area contributed by atoms with Crippen LogP contribution in [0.5, 0.6) is 17.2 Å². The van der Waals surface area contributed by atoms with Gasteiger partial charge in [0, 0.05) is 0 Å². The molecule has 0 saturated heterocycles. The van der Waals surface area contributed by atoms with E-state index >= 15 is 0 Å². The first kappa shape index (κ1) is 56.3. The summed E-state index contributed by atoms with van der Waals surface area (Å²) in [4.78, 5) is 36.9. The number of hydrogen-bond donors (Lipinski definition) is 2. The van der Waals surface area contributed by atoms with Gasteiger partial charge in [0.1, 0.15) is 28.5 Å². The van der Waals surface area contributed by atoms with Crippen LogP contribution in [-0.4, -0.2) is 39.3 Å². The summed E-state index contributed by atoms with van der Waals surface area (Å²) >= 11 is 0. The number of phenolic OH excluding ortho intramolecular Hbond substituents is 2. The van der Waals surface area contributed by atoms with Crippen molar-refractivity contribution in [3.05, 3.63) is 89.5 Å². The normalized spacial score (nSPS) is 23.2. The van der Waals surface area contributed by atoms with Crippen molar-refractivity contribution in [2.75, 3.05) is 0 Å². The van der Waals surface area contributed by atoms with E-state index < -0.39 is 5.97 Å². The number of esters is 3. The van der Waals surface area contributed by atoms with Crippen LogP contribution in [0.1, 0.15) is 214 Å². The predicted molar refractivity (Wildman–Crippen MR) is 276 cm³/mol. The summed E-state index contributed by atoms with van der Waals surface area (Å²) in [7, 11) is 0. The number of ether oxygens (including phenoxy) is 3. The zero-order valence-electron chi connectivity index (χ0n) is 44.6. The highest BCUT2D eigenvalue weighted by atomic mass is 16.6. The quantitative estimate of drug-likeness (QED) is 0.121. The van der Waals surface area contributed by atoms with Gasteiger partial charge in [-0.25, -0.2) is 4.79 Å². The molecular weight excluding hydrogens is 849 g/mol. The lowest BCUT2D eigenvalue weighted by Crippen LogP contribution is -2.63. The molecule has 5 saturated carbocycles. The molecule has 0 amide bonds. The molecule has 4 bridgehead atoms. The molecule has 2 unspecified atom stereocenters. The number of rotatable bonds is 14. The fourth-order valence-electron chi connectivity index (χ4n) is 10.7. The molecule has 5 aliphatic rings. The van der Waals surface area contributed by atoms with E-state index in [4.69, 9.17) is 19.3 Å². The van der Waals surface area contributed by atoms with Crippen molar-refractivity contribution < 1.29 is 38.8 Å². The minimum Gasteiger partial charge on any atom is -0.508 e. The summed E-state index contributed by atoms with van der Waals surface area (Å²) in [5.74, 6) is 5.51. The topological polar surface area (TPSA) is 119 Å². The van der Waals surface area contributed by atoms with Crippen molar-refractivity contribution in [2.24, 2.45) is 46.3 Å². The molecule has 2 N–H and O–H groups in total. The average Bonchev–Trinajstić information content (AvgIpc) is 3.81. The maximum Gasteiger partial charge on any atom is 0.343 e. The number of aromatic hydroxyl groups is 2. The first-order valence-electron chi connectivity index (χ1n) is 26.3. The van der Waals surface area contributed by atoms with Crippen LogP contribution in [0.4, 0.5) is 0 Å². The highest BCUT2D eigenvalue weighted by Gasteiger charge is 2.61. The van der Waals surface area contributed by atoms with E-state index in [0.29, 0.717) is 52.6 Å². The van der Waals surface area contributed by atoms with Crippen molar-refractivity contribution >= 4 is 17.9 Å². The molecule has 8 nitrogen and oxygen atoms in total. The van der Waals surface area contributed by atoms with Crippen molar-refractivity contribution in [1.29, 1.82) is 0 Å². The Morgan fingerprint density at radius 3 is 1.35 bits per heavy atom. The second-order valence-corrected chi connectivity index (χ2v) is 22.7. The van der Waals surface area contributed by atoms with Crippen LogP contribution < -0.4 is 4.74 Å². The summed E-state index contributed by atoms with van der Waals surface area (Å²) < 4.78 is 17.5. The number of carbonyl (C=O) groups is 3. The van der Waals surface area contributed by atoms with Gasteiger partial charge in [-0.1, -0.05) is 93.5 Å². The third kappa shape index (κ3) is 14.1. The van der Waals surface area contributed by atoms with Crippen LogP contribution in [0, 0.1) is 46.3 Å². The molecule has 3 aromatic carbocycles. The largest absolute Gasteiger partial charge is 0.508 e. The molecule has 8 rings (SSSR count). The molecule has 5 fully saturated rings. The van der Waals surface area contributed by atoms with Gasteiger partial charge in [0.25, 0.3) is 0 Å². The Morgan fingerprint density at radius 1 is 0.574 bits per heavy atom. The summed E-state index contributed by atoms with van der Waals surface area (Å²) in [6, 6.07) is 21.0. The number of phenols is 2. The lowest BCUT2D eigenvalue weighted by Gasteiger charge is -2.62. The zero-order chi connectivity index (χ0) is 50.6. The van der Waals surface area contributed by atoms with Gasteiger partial charge in [-0.15, -0.1) is 0 Å². The molecule has 0 aromatic heterocycles. The minimum atomic E-state index is -0.397. The second kappa shape index (κ2) is 24.5. The van der Waals surface area contributed by atoms with E-state index in [-0.39, 0.29) is 39.7 Å². The van der Waals surface area contributed by atoms with Gasteiger partial charge < -0.3 is 24.4 Å². The Bertz CT molecular complexity index is 1990. The van der Waals surface area contributed by atoms with Crippen molar-refractivity contribution in [3.8, 4) is 17.2 Å². The monoisotopic (exact) mass is 939 g/mol. The predicted octanol–water partition coefficient (Wildman–Crippen LogP) is 15.8. The van der Waals surface area contributed by atoms with Crippen molar-refractivity contribution in [3.63, 3.8) is 0 Å². The van der Waals surface area contributed by atoms with Gasteiger partial charge in [-0.05, 0) is 218 Å². The first-order chi connectivity index (χ1) is 32.0. The fraction of sp³-hybridized carbons (Fsp3) is 0.650. The van der Waals surface area contributed by atoms with Crippen molar-refractivity contribution in [1.82, 2.24) is 0 Å². The van der Waals surface area contributed by atoms with Crippen LogP contribution in [0.15, 0.2) is 72.8 Å². The average molecular weight is 939 g/mol. The Morgan fingerprint density at radius 2 is 0.971 bits per heavy atom. The summed E-state index contributed by atoms with van der Waals surface area (Å²) in [6.45, 7) is 29.6. The molecular formula is C60H90O8. The van der Waals surface area contributed by atoms with Crippen molar-refractivity contribution in [2.45, 2.75) is 203 Å². The van der Waals surface area contributed by atoms with Gasteiger partial charge in [0.2, 0.25) is 0 Å². The maximum absolute atomic E-state index is 12.8. The zero-order valence-corrected chi connectivity index (χ0v) is 44.6. The Balaban J connectivity index is 0.000000203. The van der Waals surface area contributed by atoms with Gasteiger partial charge in [0.05, 0.1) is 16.4 Å². The summed E-state index contributed by atoms with van der Waals surface area (Å²) in [5, 5.41) is 18.2. The summed E-state index contributed by atoms with van der Waals surface area (Å²) in [5.41, 5.74) is 1.99. The van der Waals surface area contributed by atoms with E-state index in [2.05, 4.69) is 62.3 Å². The van der Waals surface area contributed by atoms with Crippen LogP contribution in [0.3, 0.4) is 0 Å². The van der Waals surface area contributed by atoms with Gasteiger partial charge in [-0.2, -0.15) is 0 Å². The number of carbonyl (C=O) groups excluding carboxylic acids is 3. The molecule has 5 aliphatic carbocycles. The van der Waals surface area contributed by atoms with Crippen LogP contribution >= 0.6 is 0 Å². The molecule has 0 heterocycles. The van der Waals surface area contributed by atoms with E-state index in [0.717, 1.165) is 50.4 Å². The van der Waals surface area contributed by atoms with Gasteiger partial charge >= 0.3 is 17.9 Å². The third-order valence-corrected chi connectivity index (χ3v) is 16.7. The molecule has 0 aliphatic heterocycles. The Labute approximate surface area is 411 Å². The lowest BCUT2D eigenvalue weighted by molar-refractivity contribution is -0.231. The standard InChI is InChI=1S/C19H32O2.C17H18O3.C14H26O2.C10H14O/c1-6-18(4,5)17(20)21-19(12(2)3)15-8-13-7-14(10-15)11-16(19)9-13;1-3-12(2)13-4-6-14(7-5-13)17(19)20-16-10-8-15(18)9-11-16;1-6-13(4,5)12(15)16-14(11(2)3)9-7-8-10-14;1-3-8(2)9-4-6-10(11)7-5-9/h12-16H,6-11H2,1-5H3;4-12,18H,3H2,1-2H3;11H,6-10H2,1-5H3;4-8,11H,3H2,1-2H3. The molecule has 0 radical (unpaired) electrons. The molecule has 68 heavy (non-hydrogen) atoms. The number of benzene rings is 3. The first-order valence-corrected chi connectivity index (χ1v) is 26.3. The van der Waals surface area contributed by atoms with E-state index in [1.165, 1.54) is 68.2 Å². The van der Waals surface area contributed by atoms with Gasteiger partial charge in [0.15, 0.2) is 0 Å². The smallest absolute Gasteiger partial charge is 0.343 e. The van der Waals surface area contributed by atoms with Crippen LogP contribution in [-0.2, 0) is 19.1 Å². The lowest BCUT2D eigenvalue weighted by atomic mass is 9.47. The highest BCUT2D eigenvalue weighted by Crippen LogP contribution is 2.62. The maximum atomic E-state index is 12.8.